The van der Waals surface area contributed by atoms with Crippen molar-refractivity contribution in [3.05, 3.63) is 145 Å². The van der Waals surface area contributed by atoms with Gasteiger partial charge < -0.3 is 4.90 Å². The molecule has 0 N–H and O–H groups in total. The highest BCUT2D eigenvalue weighted by Crippen LogP contribution is 2.78. The van der Waals surface area contributed by atoms with Crippen molar-refractivity contribution in [2.75, 3.05) is 4.90 Å². The van der Waals surface area contributed by atoms with Crippen LogP contribution in [0, 0.1) is 47.3 Å². The summed E-state index contributed by atoms with van der Waals surface area (Å²) in [7, 11) is 0. The lowest BCUT2D eigenvalue weighted by atomic mass is 9.28. The van der Waals surface area contributed by atoms with E-state index in [1.165, 1.54) is 49.2 Å². The number of aromatic nitrogens is 3. The minimum atomic E-state index is 0.117. The largest absolute Gasteiger partial charge is 0.310 e. The average molecular weight is 661 g/mol. The Labute approximate surface area is 299 Å². The molecule has 1 aromatic heterocycles. The third-order valence-corrected chi connectivity index (χ3v) is 14.5. The summed E-state index contributed by atoms with van der Waals surface area (Å²) in [4.78, 5) is 17.5. The van der Waals surface area contributed by atoms with Gasteiger partial charge in [0.15, 0.2) is 17.5 Å². The molecule has 4 heteroatoms. The van der Waals surface area contributed by atoms with Gasteiger partial charge in [-0.3, -0.25) is 0 Å². The molecule has 51 heavy (non-hydrogen) atoms. The zero-order valence-electron chi connectivity index (χ0n) is 28.6. The normalized spacial score (nSPS) is 29.7. The van der Waals surface area contributed by atoms with Crippen LogP contribution in [-0.4, -0.2) is 15.0 Å². The Bertz CT molecular complexity index is 2190. The van der Waals surface area contributed by atoms with Gasteiger partial charge in [-0.25, -0.2) is 15.0 Å². The quantitative estimate of drug-likeness (QED) is 0.189. The van der Waals surface area contributed by atoms with Crippen molar-refractivity contribution in [1.29, 1.82) is 0 Å². The molecule has 0 saturated heterocycles. The maximum Gasteiger partial charge on any atom is 0.164 e. The first-order chi connectivity index (χ1) is 25.3. The van der Waals surface area contributed by atoms with Crippen molar-refractivity contribution >= 4 is 17.1 Å². The van der Waals surface area contributed by atoms with Crippen LogP contribution in [0.5, 0.6) is 0 Å². The molecular formula is C47H40N4. The molecule has 8 bridgehead atoms. The van der Waals surface area contributed by atoms with E-state index in [4.69, 9.17) is 15.0 Å². The first kappa shape index (κ1) is 28.6. The molecule has 5 aromatic carbocycles. The van der Waals surface area contributed by atoms with Gasteiger partial charge in [0.1, 0.15) is 0 Å². The van der Waals surface area contributed by atoms with Gasteiger partial charge in [0.05, 0.1) is 11.4 Å². The molecule has 8 aliphatic rings. The Morgan fingerprint density at radius 1 is 0.431 bits per heavy atom. The van der Waals surface area contributed by atoms with Gasteiger partial charge >= 0.3 is 0 Å². The number of anilines is 3. The molecule has 1 spiro atoms. The van der Waals surface area contributed by atoms with E-state index in [0.717, 1.165) is 64.0 Å². The molecule has 7 saturated carbocycles. The van der Waals surface area contributed by atoms with Crippen molar-refractivity contribution in [2.45, 2.75) is 37.5 Å². The summed E-state index contributed by atoms with van der Waals surface area (Å²) in [5.74, 6) is 9.33. The summed E-state index contributed by atoms with van der Waals surface area (Å²) < 4.78 is 0. The lowest BCUT2D eigenvalue weighted by Crippen LogP contribution is -2.71. The fraction of sp³-hybridized carbons (Fsp3) is 0.298. The maximum atomic E-state index is 5.01. The molecule has 4 atom stereocenters. The van der Waals surface area contributed by atoms with E-state index >= 15 is 0 Å². The van der Waals surface area contributed by atoms with Crippen LogP contribution in [0.2, 0.25) is 0 Å². The van der Waals surface area contributed by atoms with Gasteiger partial charge in [-0.05, 0) is 127 Å². The van der Waals surface area contributed by atoms with Crippen molar-refractivity contribution in [2.24, 2.45) is 47.3 Å². The van der Waals surface area contributed by atoms with E-state index in [1.807, 2.05) is 36.4 Å². The molecule has 7 aliphatic carbocycles. The number of fused-ring (bicyclic) bond motifs is 2. The van der Waals surface area contributed by atoms with E-state index in [2.05, 4.69) is 102 Å². The Kier molecular flexibility index (Phi) is 5.87. The molecule has 2 heterocycles. The molecule has 248 valence electrons. The zero-order chi connectivity index (χ0) is 33.3. The highest BCUT2D eigenvalue weighted by molar-refractivity contribution is 5.87. The second-order valence-corrected chi connectivity index (χ2v) is 16.4. The number of para-hydroxylation sites is 2. The van der Waals surface area contributed by atoms with Gasteiger partial charge in [0.2, 0.25) is 0 Å². The SMILES string of the molecule is c1ccc(-c2nc(-c3ccccc3)nc(-c3ccc(N4c5ccccc5C5(c6ccccc64)C4CC6C7CC8CC6C5C(C8)C7C4)cc3)n2)cc1. The Morgan fingerprint density at radius 3 is 1.39 bits per heavy atom. The maximum absolute atomic E-state index is 5.01. The molecule has 4 nitrogen and oxygen atoms in total. The van der Waals surface area contributed by atoms with Gasteiger partial charge in [0.25, 0.3) is 0 Å². The Balaban J connectivity index is 0.984. The second-order valence-electron chi connectivity index (χ2n) is 16.4. The van der Waals surface area contributed by atoms with Crippen LogP contribution in [0.15, 0.2) is 133 Å². The topological polar surface area (TPSA) is 41.9 Å². The monoisotopic (exact) mass is 660 g/mol. The van der Waals surface area contributed by atoms with Gasteiger partial charge in [-0.2, -0.15) is 0 Å². The minimum Gasteiger partial charge on any atom is -0.310 e. The van der Waals surface area contributed by atoms with E-state index in [9.17, 15) is 0 Å². The first-order valence-electron chi connectivity index (χ1n) is 19.2. The first-order valence-corrected chi connectivity index (χ1v) is 19.2. The standard InChI is InChI=1S/C47H40N4/c1-3-11-29(12-4-1)44-48-45(30-13-5-2-6-14-30)50-46(49-44)31-19-21-33(22-20-31)51-41-17-9-7-15-39(41)47(40-16-8-10-18-42(40)51)32-26-35-34-23-28-24-37(35)43(47)38(25-28)36(34)27-32/h1-22,28,32,34-38,43H,23-27H2. The number of hydrogen-bond acceptors (Lipinski definition) is 4. The average Bonchev–Trinajstić information content (AvgIpc) is 3.20. The van der Waals surface area contributed by atoms with E-state index in [-0.39, 0.29) is 5.41 Å². The number of benzene rings is 5. The predicted molar refractivity (Wildman–Crippen MR) is 203 cm³/mol. The smallest absolute Gasteiger partial charge is 0.164 e. The van der Waals surface area contributed by atoms with Crippen molar-refractivity contribution < 1.29 is 0 Å². The molecule has 7 fully saturated rings. The zero-order valence-corrected chi connectivity index (χ0v) is 28.6. The Hall–Kier alpha value is -5.09. The van der Waals surface area contributed by atoms with Crippen LogP contribution in [-0.2, 0) is 5.41 Å². The summed E-state index contributed by atoms with van der Waals surface area (Å²) in [6.07, 6.45) is 7.36. The van der Waals surface area contributed by atoms with Crippen molar-refractivity contribution in [1.82, 2.24) is 15.0 Å². The highest BCUT2D eigenvalue weighted by atomic mass is 15.2. The van der Waals surface area contributed by atoms with E-state index in [0.29, 0.717) is 17.5 Å². The highest BCUT2D eigenvalue weighted by Gasteiger charge is 2.73. The number of rotatable bonds is 4. The van der Waals surface area contributed by atoms with Crippen LogP contribution >= 0.6 is 0 Å². The minimum absolute atomic E-state index is 0.117. The molecule has 4 unspecified atom stereocenters. The summed E-state index contributed by atoms with van der Waals surface area (Å²) in [5, 5.41) is 0. The summed E-state index contributed by atoms with van der Waals surface area (Å²) in [5.41, 5.74) is 10.2. The molecule has 0 radical (unpaired) electrons. The van der Waals surface area contributed by atoms with Crippen LogP contribution in [0.25, 0.3) is 34.2 Å². The van der Waals surface area contributed by atoms with Crippen LogP contribution < -0.4 is 4.90 Å². The lowest BCUT2D eigenvalue weighted by molar-refractivity contribution is -0.232. The van der Waals surface area contributed by atoms with Crippen LogP contribution in [0.4, 0.5) is 17.1 Å². The fourth-order valence-corrected chi connectivity index (χ4v) is 13.1. The molecule has 1 aliphatic heterocycles. The molecule has 14 rings (SSSR count). The number of hydrogen-bond donors (Lipinski definition) is 0. The van der Waals surface area contributed by atoms with Crippen molar-refractivity contribution in [3.8, 4) is 34.2 Å². The second kappa shape index (κ2) is 10.5. The molecular weight excluding hydrogens is 621 g/mol. The van der Waals surface area contributed by atoms with Gasteiger partial charge in [-0.15, -0.1) is 0 Å². The van der Waals surface area contributed by atoms with Gasteiger partial charge in [-0.1, -0.05) is 97.1 Å². The molecule has 0 amide bonds. The third kappa shape index (κ3) is 3.83. The molecule has 6 aromatic rings. The summed E-state index contributed by atoms with van der Waals surface area (Å²) in [6.45, 7) is 0. The Morgan fingerprint density at radius 2 is 0.863 bits per heavy atom. The van der Waals surface area contributed by atoms with Crippen molar-refractivity contribution in [3.63, 3.8) is 0 Å². The van der Waals surface area contributed by atoms with Crippen LogP contribution in [0.1, 0.15) is 43.2 Å². The third-order valence-electron chi connectivity index (χ3n) is 14.5. The summed E-state index contributed by atoms with van der Waals surface area (Å²) >= 11 is 0. The predicted octanol–water partition coefficient (Wildman–Crippen LogP) is 10.9. The summed E-state index contributed by atoms with van der Waals surface area (Å²) in [6, 6.07) is 48.4. The number of nitrogens with zero attached hydrogens (tertiary/aromatic N) is 4. The van der Waals surface area contributed by atoms with E-state index < -0.39 is 0 Å². The fourth-order valence-electron chi connectivity index (χ4n) is 13.1. The van der Waals surface area contributed by atoms with E-state index in [1.54, 1.807) is 11.1 Å². The lowest BCUT2D eigenvalue weighted by Gasteiger charge is -2.76. The van der Waals surface area contributed by atoms with Gasteiger partial charge in [0, 0.05) is 27.8 Å². The van der Waals surface area contributed by atoms with Crippen LogP contribution in [0.3, 0.4) is 0 Å².